The maximum atomic E-state index is 13.0. The minimum Gasteiger partial charge on any atom is -0.345 e. The number of carbonyl (C=O) groups is 1. The van der Waals surface area contributed by atoms with Crippen molar-refractivity contribution in [3.8, 4) is 6.07 Å². The van der Waals surface area contributed by atoms with E-state index >= 15 is 0 Å². The molecule has 124 valence electrons. The zero-order chi connectivity index (χ0) is 17.4. The number of aryl methyl sites for hydroxylation is 1. The summed E-state index contributed by atoms with van der Waals surface area (Å²) in [5.74, 6) is -0.0735. The minimum atomic E-state index is -0.0735. The van der Waals surface area contributed by atoms with Crippen molar-refractivity contribution in [1.29, 1.82) is 5.26 Å². The predicted octanol–water partition coefficient (Wildman–Crippen LogP) is 2.34. The fourth-order valence-corrected chi connectivity index (χ4v) is 3.43. The highest BCUT2D eigenvalue weighted by atomic mass is 16.2. The largest absolute Gasteiger partial charge is 0.345 e. The van der Waals surface area contributed by atoms with Gasteiger partial charge >= 0.3 is 0 Å². The van der Waals surface area contributed by atoms with Crippen molar-refractivity contribution in [1.82, 2.24) is 19.2 Å². The van der Waals surface area contributed by atoms with Gasteiger partial charge in [0.25, 0.3) is 5.91 Å². The van der Waals surface area contributed by atoms with Crippen molar-refractivity contribution < 1.29 is 4.79 Å². The van der Waals surface area contributed by atoms with Gasteiger partial charge in [-0.15, -0.1) is 0 Å². The summed E-state index contributed by atoms with van der Waals surface area (Å²) >= 11 is 0. The fraction of sp³-hybridized carbons (Fsp3) is 0.211. The van der Waals surface area contributed by atoms with Gasteiger partial charge in [-0.2, -0.15) is 10.4 Å². The molecule has 0 saturated carbocycles. The van der Waals surface area contributed by atoms with Gasteiger partial charge in [-0.05, 0) is 23.3 Å². The average Bonchev–Trinajstić information content (AvgIpc) is 3.29. The molecule has 1 aliphatic heterocycles. The SMILES string of the molecule is Cn1cc(C#N)cc1C(=O)N1Cc2ccccc2C(n2cccn2)C1. The van der Waals surface area contributed by atoms with Gasteiger partial charge in [0.05, 0.1) is 11.6 Å². The fourth-order valence-electron chi connectivity index (χ4n) is 3.43. The van der Waals surface area contributed by atoms with E-state index in [0.29, 0.717) is 24.3 Å². The van der Waals surface area contributed by atoms with Crippen LogP contribution in [-0.2, 0) is 13.6 Å². The van der Waals surface area contributed by atoms with Gasteiger partial charge in [-0.1, -0.05) is 24.3 Å². The van der Waals surface area contributed by atoms with Crippen LogP contribution in [0.5, 0.6) is 0 Å². The Morgan fingerprint density at radius 1 is 1.32 bits per heavy atom. The Labute approximate surface area is 145 Å². The standard InChI is InChI=1S/C19H17N5O/c1-22-11-14(10-20)9-17(22)19(25)23-12-15-5-2-3-6-16(15)18(13-23)24-8-4-7-21-24/h2-9,11,18H,12-13H2,1H3. The van der Waals surface area contributed by atoms with E-state index in [-0.39, 0.29) is 11.9 Å². The molecule has 0 saturated heterocycles. The van der Waals surface area contributed by atoms with Crippen molar-refractivity contribution in [2.75, 3.05) is 6.54 Å². The summed E-state index contributed by atoms with van der Waals surface area (Å²) in [4.78, 5) is 14.9. The summed E-state index contributed by atoms with van der Waals surface area (Å²) in [5, 5.41) is 13.4. The zero-order valence-corrected chi connectivity index (χ0v) is 13.8. The van der Waals surface area contributed by atoms with Crippen LogP contribution < -0.4 is 0 Å². The molecule has 1 unspecified atom stereocenters. The molecular formula is C19H17N5O. The number of nitriles is 1. The summed E-state index contributed by atoms with van der Waals surface area (Å²) in [5.41, 5.74) is 3.33. The average molecular weight is 331 g/mol. The van der Waals surface area contributed by atoms with Gasteiger partial charge in [0.15, 0.2) is 0 Å². The topological polar surface area (TPSA) is 66.8 Å². The number of hydrogen-bond donors (Lipinski definition) is 0. The molecule has 1 aromatic carbocycles. The van der Waals surface area contributed by atoms with Gasteiger partial charge in [-0.3, -0.25) is 9.48 Å². The van der Waals surface area contributed by atoms with Crippen LogP contribution in [0.1, 0.15) is 33.2 Å². The maximum absolute atomic E-state index is 13.0. The first-order valence-electron chi connectivity index (χ1n) is 8.10. The molecule has 1 aliphatic rings. The second-order valence-corrected chi connectivity index (χ2v) is 6.22. The smallest absolute Gasteiger partial charge is 0.270 e. The van der Waals surface area contributed by atoms with Gasteiger partial charge in [0.1, 0.15) is 11.8 Å². The highest BCUT2D eigenvalue weighted by Gasteiger charge is 2.30. The number of aromatic nitrogens is 3. The van der Waals surface area contributed by atoms with E-state index in [2.05, 4.69) is 23.3 Å². The molecule has 25 heavy (non-hydrogen) atoms. The molecule has 3 heterocycles. The first-order valence-corrected chi connectivity index (χ1v) is 8.10. The molecule has 0 spiro atoms. The lowest BCUT2D eigenvalue weighted by Gasteiger charge is -2.34. The van der Waals surface area contributed by atoms with E-state index in [1.807, 2.05) is 34.0 Å². The van der Waals surface area contributed by atoms with Crippen LogP contribution in [0.15, 0.2) is 55.0 Å². The van der Waals surface area contributed by atoms with Gasteiger partial charge in [0, 0.05) is 38.7 Å². The lowest BCUT2D eigenvalue weighted by atomic mass is 9.95. The Morgan fingerprint density at radius 3 is 2.88 bits per heavy atom. The van der Waals surface area contributed by atoms with Crippen LogP contribution in [0, 0.1) is 11.3 Å². The van der Waals surface area contributed by atoms with Crippen LogP contribution >= 0.6 is 0 Å². The molecule has 3 aromatic rings. The Morgan fingerprint density at radius 2 is 2.16 bits per heavy atom. The number of rotatable bonds is 2. The summed E-state index contributed by atoms with van der Waals surface area (Å²) in [7, 11) is 1.79. The van der Waals surface area contributed by atoms with Gasteiger partial charge in [0.2, 0.25) is 0 Å². The zero-order valence-electron chi connectivity index (χ0n) is 13.8. The lowest BCUT2D eigenvalue weighted by Crippen LogP contribution is -2.41. The monoisotopic (exact) mass is 331 g/mol. The first-order chi connectivity index (χ1) is 12.2. The van der Waals surface area contributed by atoms with Crippen molar-refractivity contribution in [2.24, 2.45) is 7.05 Å². The normalized spacial score (nSPS) is 16.3. The van der Waals surface area contributed by atoms with Gasteiger partial charge in [-0.25, -0.2) is 0 Å². The van der Waals surface area contributed by atoms with Crippen molar-refractivity contribution in [3.05, 3.63) is 77.4 Å². The van der Waals surface area contributed by atoms with E-state index in [1.165, 1.54) is 5.56 Å². The molecule has 0 radical (unpaired) electrons. The second-order valence-electron chi connectivity index (χ2n) is 6.22. The molecule has 6 nitrogen and oxygen atoms in total. The van der Waals surface area contributed by atoms with Gasteiger partial charge < -0.3 is 9.47 Å². The molecule has 1 amide bonds. The maximum Gasteiger partial charge on any atom is 0.270 e. The van der Waals surface area contributed by atoms with E-state index in [9.17, 15) is 4.79 Å². The molecule has 0 fully saturated rings. The highest BCUT2D eigenvalue weighted by Crippen LogP contribution is 2.30. The van der Waals surface area contributed by atoms with E-state index in [1.54, 1.807) is 30.1 Å². The van der Waals surface area contributed by atoms with E-state index in [0.717, 1.165) is 5.56 Å². The molecule has 6 heteroatoms. The quantitative estimate of drug-likeness (QED) is 0.724. The number of carbonyl (C=O) groups excluding carboxylic acids is 1. The van der Waals surface area contributed by atoms with Crippen LogP contribution in [0.4, 0.5) is 0 Å². The summed E-state index contributed by atoms with van der Waals surface area (Å²) in [6.45, 7) is 1.10. The molecule has 0 bridgehead atoms. The molecule has 1 atom stereocenters. The molecule has 0 N–H and O–H groups in total. The number of hydrogen-bond acceptors (Lipinski definition) is 3. The minimum absolute atomic E-state index is 0.0143. The van der Waals surface area contributed by atoms with Crippen LogP contribution in [0.2, 0.25) is 0 Å². The highest BCUT2D eigenvalue weighted by molar-refractivity contribution is 5.93. The molecular weight excluding hydrogens is 314 g/mol. The van der Waals surface area contributed by atoms with Crippen molar-refractivity contribution >= 4 is 5.91 Å². The lowest BCUT2D eigenvalue weighted by molar-refractivity contribution is 0.0696. The van der Waals surface area contributed by atoms with Crippen molar-refractivity contribution in [3.63, 3.8) is 0 Å². The third kappa shape index (κ3) is 2.60. The van der Waals surface area contributed by atoms with E-state index in [4.69, 9.17) is 5.26 Å². The summed E-state index contributed by atoms with van der Waals surface area (Å²) in [6.07, 6.45) is 5.35. The van der Waals surface area contributed by atoms with Crippen LogP contribution in [0.3, 0.4) is 0 Å². The molecule has 4 rings (SSSR count). The van der Waals surface area contributed by atoms with Crippen molar-refractivity contribution in [2.45, 2.75) is 12.6 Å². The number of fused-ring (bicyclic) bond motifs is 1. The summed E-state index contributed by atoms with van der Waals surface area (Å²) in [6, 6.07) is 13.8. The third-order valence-electron chi connectivity index (χ3n) is 4.65. The first kappa shape index (κ1) is 15.2. The third-order valence-corrected chi connectivity index (χ3v) is 4.65. The predicted molar refractivity (Wildman–Crippen MR) is 91.7 cm³/mol. The Hall–Kier alpha value is -3.33. The number of amides is 1. The van der Waals surface area contributed by atoms with Crippen LogP contribution in [0.25, 0.3) is 0 Å². The Kier molecular flexibility index (Phi) is 3.62. The van der Waals surface area contributed by atoms with E-state index < -0.39 is 0 Å². The summed E-state index contributed by atoms with van der Waals surface area (Å²) < 4.78 is 3.61. The number of nitrogens with zero attached hydrogens (tertiary/aromatic N) is 5. The molecule has 2 aromatic heterocycles. The Balaban J connectivity index is 1.71. The van der Waals surface area contributed by atoms with Crippen LogP contribution in [-0.4, -0.2) is 31.7 Å². The second kappa shape index (κ2) is 5.95. The Bertz CT molecular complexity index is 964. The number of benzene rings is 1. The molecule has 0 aliphatic carbocycles.